The minimum Gasteiger partial charge on any atom is -0.496 e. The van der Waals surface area contributed by atoms with Gasteiger partial charge in [0, 0.05) is 42.0 Å². The molecule has 1 saturated heterocycles. The fourth-order valence-corrected chi connectivity index (χ4v) is 7.60. The lowest BCUT2D eigenvalue weighted by molar-refractivity contribution is -0.135. The normalized spacial score (nSPS) is 27.7. The Kier molecular flexibility index (Phi) is 5.48. The van der Waals surface area contributed by atoms with Crippen molar-refractivity contribution in [2.24, 2.45) is 17.1 Å². The summed E-state index contributed by atoms with van der Waals surface area (Å²) in [5, 5.41) is 0. The van der Waals surface area contributed by atoms with Crippen molar-refractivity contribution in [3.05, 3.63) is 107 Å². The Bertz CT molecular complexity index is 1410. The van der Waals surface area contributed by atoms with E-state index >= 15 is 0 Å². The Balaban J connectivity index is 1.45. The molecule has 37 heavy (non-hydrogen) atoms. The number of para-hydroxylation sites is 1. The Hall–Kier alpha value is -3.86. The largest absolute Gasteiger partial charge is 0.496 e. The molecule has 2 fully saturated rings. The number of hydrogen-bond donors (Lipinski definition) is 1. The quantitative estimate of drug-likeness (QED) is 0.519. The summed E-state index contributed by atoms with van der Waals surface area (Å²) in [6, 6.07) is 24.8. The van der Waals surface area contributed by atoms with Gasteiger partial charge in [-0.25, -0.2) is 0 Å². The first-order chi connectivity index (χ1) is 17.9. The molecule has 5 nitrogen and oxygen atoms in total. The molecule has 4 atom stereocenters. The molecule has 0 spiro atoms. The molecule has 2 amide bonds. The zero-order valence-corrected chi connectivity index (χ0v) is 21.3. The molecule has 1 heterocycles. The lowest BCUT2D eigenvalue weighted by Gasteiger charge is -2.59. The van der Waals surface area contributed by atoms with Crippen LogP contribution in [0, 0.1) is 18.3 Å². The second kappa shape index (κ2) is 8.62. The van der Waals surface area contributed by atoms with Gasteiger partial charge >= 0.3 is 0 Å². The number of carbonyl (C=O) groups excluding carboxylic acids is 2. The highest BCUT2D eigenvalue weighted by Gasteiger charge is 2.69. The summed E-state index contributed by atoms with van der Waals surface area (Å²) in [7, 11) is 1.62. The van der Waals surface area contributed by atoms with E-state index in [1.807, 2.05) is 29.2 Å². The molecule has 188 valence electrons. The average molecular weight is 493 g/mol. The summed E-state index contributed by atoms with van der Waals surface area (Å²) < 4.78 is 5.43. The van der Waals surface area contributed by atoms with E-state index in [-0.39, 0.29) is 29.1 Å². The first-order valence-corrected chi connectivity index (χ1v) is 13.0. The number of nitrogens with zero attached hydrogens (tertiary/aromatic N) is 1. The molecule has 4 aliphatic rings. The number of rotatable bonds is 5. The van der Waals surface area contributed by atoms with E-state index in [0.717, 1.165) is 18.4 Å². The topological polar surface area (TPSA) is 72.6 Å². The van der Waals surface area contributed by atoms with Crippen LogP contribution < -0.4 is 10.5 Å². The first-order valence-electron chi connectivity index (χ1n) is 13.0. The molecular weight excluding hydrogens is 460 g/mol. The number of nitrogens with two attached hydrogens (primary N) is 1. The van der Waals surface area contributed by atoms with E-state index in [9.17, 15) is 9.59 Å². The maximum atomic E-state index is 13.6. The molecule has 3 aliphatic carbocycles. The number of aryl methyl sites for hydroxylation is 1. The van der Waals surface area contributed by atoms with Gasteiger partial charge in [-0.1, -0.05) is 72.3 Å². The van der Waals surface area contributed by atoms with Crippen molar-refractivity contribution in [3.8, 4) is 5.75 Å². The Morgan fingerprint density at radius 3 is 2.51 bits per heavy atom. The van der Waals surface area contributed by atoms with E-state index in [0.29, 0.717) is 18.8 Å². The fraction of sp³-hybridized carbons (Fsp3) is 0.312. The molecule has 0 radical (unpaired) electrons. The van der Waals surface area contributed by atoms with Crippen molar-refractivity contribution in [1.29, 1.82) is 0 Å². The predicted molar refractivity (Wildman–Crippen MR) is 144 cm³/mol. The highest BCUT2D eigenvalue weighted by atomic mass is 16.5. The maximum Gasteiger partial charge on any atom is 0.246 e. The number of amides is 2. The molecule has 2 bridgehead atoms. The smallest absolute Gasteiger partial charge is 0.246 e. The van der Waals surface area contributed by atoms with E-state index in [1.54, 1.807) is 19.3 Å². The number of hydrogen-bond acceptors (Lipinski definition) is 3. The summed E-state index contributed by atoms with van der Waals surface area (Å²) in [6.07, 6.45) is 5.20. The van der Waals surface area contributed by atoms with Crippen LogP contribution in [0.25, 0.3) is 6.08 Å². The van der Waals surface area contributed by atoms with Crippen LogP contribution in [0.4, 0.5) is 0 Å². The van der Waals surface area contributed by atoms with Crippen molar-refractivity contribution in [3.63, 3.8) is 0 Å². The second-order valence-electron chi connectivity index (χ2n) is 10.8. The summed E-state index contributed by atoms with van der Waals surface area (Å²) in [6.45, 7) is 2.93. The summed E-state index contributed by atoms with van der Waals surface area (Å²) in [5.74, 6) is 0.231. The molecule has 5 heteroatoms. The fourth-order valence-electron chi connectivity index (χ4n) is 7.60. The van der Waals surface area contributed by atoms with Gasteiger partial charge in [0.15, 0.2) is 0 Å². The number of carbonyl (C=O) groups is 2. The highest BCUT2D eigenvalue weighted by molar-refractivity contribution is 5.94. The number of fused-ring (bicyclic) bond motifs is 1. The van der Waals surface area contributed by atoms with Crippen LogP contribution in [0.3, 0.4) is 0 Å². The average Bonchev–Trinajstić information content (AvgIpc) is 3.37. The number of benzene rings is 3. The molecule has 1 aliphatic heterocycles. The van der Waals surface area contributed by atoms with Crippen LogP contribution >= 0.6 is 0 Å². The van der Waals surface area contributed by atoms with Crippen LogP contribution in [-0.4, -0.2) is 36.9 Å². The lowest BCUT2D eigenvalue weighted by Crippen LogP contribution is -2.61. The zero-order chi connectivity index (χ0) is 25.8. The van der Waals surface area contributed by atoms with E-state index in [2.05, 4.69) is 55.5 Å². The Labute approximate surface area is 217 Å². The van der Waals surface area contributed by atoms with Gasteiger partial charge in [0.25, 0.3) is 0 Å². The SMILES string of the molecule is COc1ccccc1/C=C/C(=O)N1C[C@H]2[C@]3(c4ccc(C)cc4)CC[C@@H](c4ccccc43)[C@@]2(C(N)=O)C1. The van der Waals surface area contributed by atoms with Crippen molar-refractivity contribution < 1.29 is 14.3 Å². The summed E-state index contributed by atoms with van der Waals surface area (Å²) >= 11 is 0. The third-order valence-corrected chi connectivity index (χ3v) is 9.22. The highest BCUT2D eigenvalue weighted by Crippen LogP contribution is 2.68. The van der Waals surface area contributed by atoms with Gasteiger partial charge < -0.3 is 15.4 Å². The van der Waals surface area contributed by atoms with Gasteiger partial charge in [0.05, 0.1) is 12.5 Å². The standard InChI is InChI=1S/C32H32N2O3/c1-21-11-14-23(15-12-21)31-18-17-26(24-8-4-5-9-25(24)31)32(30(33)36)20-34(19-28(31)32)29(35)16-13-22-7-3-6-10-27(22)37-2/h3-16,26,28H,17-20H2,1-2H3,(H2,33,36)/b16-13+/t26-,28-,31-,32-/m0/s1. The number of methoxy groups -OCH3 is 1. The number of likely N-dealkylation sites (tertiary alicyclic amines) is 1. The van der Waals surface area contributed by atoms with Crippen molar-refractivity contribution in [1.82, 2.24) is 4.90 Å². The Morgan fingerprint density at radius 1 is 1.03 bits per heavy atom. The lowest BCUT2D eigenvalue weighted by atomic mass is 9.42. The first kappa shape index (κ1) is 23.5. The van der Waals surface area contributed by atoms with Gasteiger partial charge in [-0.3, -0.25) is 9.59 Å². The molecule has 1 saturated carbocycles. The van der Waals surface area contributed by atoms with E-state index in [1.165, 1.54) is 22.3 Å². The van der Waals surface area contributed by atoms with Crippen LogP contribution in [0.15, 0.2) is 78.9 Å². The Morgan fingerprint density at radius 2 is 1.76 bits per heavy atom. The van der Waals surface area contributed by atoms with Gasteiger partial charge in [-0.05, 0) is 48.6 Å². The molecule has 3 aromatic rings. The second-order valence-corrected chi connectivity index (χ2v) is 10.8. The summed E-state index contributed by atoms with van der Waals surface area (Å²) in [5.41, 5.74) is 10.9. The van der Waals surface area contributed by atoms with Crippen molar-refractivity contribution >= 4 is 17.9 Å². The monoisotopic (exact) mass is 492 g/mol. The minimum absolute atomic E-state index is 0.00882. The van der Waals surface area contributed by atoms with Crippen LogP contribution in [0.5, 0.6) is 5.75 Å². The van der Waals surface area contributed by atoms with Crippen LogP contribution in [0.1, 0.15) is 46.6 Å². The van der Waals surface area contributed by atoms with Crippen LogP contribution in [-0.2, 0) is 15.0 Å². The van der Waals surface area contributed by atoms with Crippen molar-refractivity contribution in [2.75, 3.05) is 20.2 Å². The third-order valence-electron chi connectivity index (χ3n) is 9.22. The van der Waals surface area contributed by atoms with Gasteiger partial charge in [0.1, 0.15) is 5.75 Å². The number of primary amides is 1. The molecule has 7 rings (SSSR count). The molecule has 0 unspecified atom stereocenters. The molecule has 3 aromatic carbocycles. The van der Waals surface area contributed by atoms with Gasteiger partial charge in [-0.2, -0.15) is 0 Å². The molecule has 0 aromatic heterocycles. The van der Waals surface area contributed by atoms with E-state index < -0.39 is 5.41 Å². The predicted octanol–water partition coefficient (Wildman–Crippen LogP) is 4.82. The molecule has 2 N–H and O–H groups in total. The molecular formula is C32H32N2O3. The summed E-state index contributed by atoms with van der Waals surface area (Å²) in [4.78, 5) is 28.9. The third kappa shape index (κ3) is 3.29. The van der Waals surface area contributed by atoms with Crippen molar-refractivity contribution in [2.45, 2.75) is 31.1 Å². The van der Waals surface area contributed by atoms with Gasteiger partial charge in [-0.15, -0.1) is 0 Å². The van der Waals surface area contributed by atoms with Crippen LogP contribution in [0.2, 0.25) is 0 Å². The van der Waals surface area contributed by atoms with E-state index in [4.69, 9.17) is 10.5 Å². The zero-order valence-electron chi connectivity index (χ0n) is 21.3. The maximum absolute atomic E-state index is 13.6. The minimum atomic E-state index is -0.800. The number of ether oxygens (including phenoxy) is 1. The van der Waals surface area contributed by atoms with Gasteiger partial charge in [0.2, 0.25) is 11.8 Å².